The number of halogens is 1. The van der Waals surface area contributed by atoms with Gasteiger partial charge in [0.1, 0.15) is 5.75 Å². The second-order valence-corrected chi connectivity index (χ2v) is 7.19. The summed E-state index contributed by atoms with van der Waals surface area (Å²) in [7, 11) is 1.60. The summed E-state index contributed by atoms with van der Waals surface area (Å²) in [6.45, 7) is 5.90. The van der Waals surface area contributed by atoms with E-state index < -0.39 is 0 Å². The second-order valence-electron chi connectivity index (χ2n) is 7.19. The Morgan fingerprint density at radius 3 is 2.50 bits per heavy atom. The van der Waals surface area contributed by atoms with E-state index in [1.165, 1.54) is 0 Å². The lowest BCUT2D eigenvalue weighted by atomic mass is 9.95. The smallest absolute Gasteiger partial charge is 0.227 e. The van der Waals surface area contributed by atoms with Gasteiger partial charge in [-0.25, -0.2) is 0 Å². The molecule has 0 aromatic heterocycles. The summed E-state index contributed by atoms with van der Waals surface area (Å²) in [5.41, 5.74) is 0.717. The molecule has 2 aliphatic heterocycles. The Bertz CT molecular complexity index is 644. The van der Waals surface area contributed by atoms with Crippen molar-refractivity contribution in [3.8, 4) is 5.75 Å². The number of anilines is 1. The summed E-state index contributed by atoms with van der Waals surface area (Å²) >= 11 is 0. The first-order chi connectivity index (χ1) is 13.2. The number of piperidine rings is 1. The molecule has 3 rings (SSSR count). The number of ether oxygens (including phenoxy) is 1. The predicted molar refractivity (Wildman–Crippen MR) is 112 cm³/mol. The van der Waals surface area contributed by atoms with Crippen LogP contribution in [0.25, 0.3) is 0 Å². The molecule has 0 spiro atoms. The van der Waals surface area contributed by atoms with Crippen molar-refractivity contribution in [2.24, 2.45) is 5.92 Å². The van der Waals surface area contributed by atoms with Gasteiger partial charge in [0.25, 0.3) is 0 Å². The minimum Gasteiger partial charge on any atom is -0.495 e. The molecule has 7 nitrogen and oxygen atoms in total. The summed E-state index contributed by atoms with van der Waals surface area (Å²) in [6.07, 6.45) is 2.21. The Labute approximate surface area is 173 Å². The molecule has 0 aliphatic carbocycles. The van der Waals surface area contributed by atoms with Gasteiger partial charge in [0.05, 0.1) is 12.8 Å². The van der Waals surface area contributed by atoms with Crippen molar-refractivity contribution in [3.63, 3.8) is 0 Å². The number of hydrogen-bond donors (Lipinski definition) is 2. The molecular formula is C20H31ClN4O3. The van der Waals surface area contributed by atoms with Crippen molar-refractivity contribution >= 4 is 29.9 Å². The SMILES string of the molecule is COc1ccccc1NC(=O)C1CCN(CCC(=O)N2CCNCC2)CC1.Cl. The molecule has 1 aromatic carbocycles. The molecule has 2 amide bonds. The van der Waals surface area contributed by atoms with Crippen LogP contribution < -0.4 is 15.4 Å². The predicted octanol–water partition coefficient (Wildman–Crippen LogP) is 1.59. The van der Waals surface area contributed by atoms with E-state index in [-0.39, 0.29) is 30.1 Å². The molecule has 0 radical (unpaired) electrons. The Kier molecular flexibility index (Phi) is 9.02. The number of carbonyl (C=O) groups excluding carboxylic acids is 2. The molecule has 0 saturated carbocycles. The van der Waals surface area contributed by atoms with Gasteiger partial charge in [0, 0.05) is 45.1 Å². The maximum atomic E-state index is 12.6. The molecule has 2 N–H and O–H groups in total. The Hall–Kier alpha value is -1.83. The molecule has 1 aromatic rings. The highest BCUT2D eigenvalue weighted by molar-refractivity contribution is 5.94. The summed E-state index contributed by atoms with van der Waals surface area (Å²) < 4.78 is 5.29. The van der Waals surface area contributed by atoms with Crippen LogP contribution in [-0.4, -0.2) is 74.5 Å². The molecule has 2 saturated heterocycles. The van der Waals surface area contributed by atoms with Gasteiger partial charge < -0.3 is 25.2 Å². The van der Waals surface area contributed by atoms with Crippen LogP contribution in [0.2, 0.25) is 0 Å². The van der Waals surface area contributed by atoms with Gasteiger partial charge >= 0.3 is 0 Å². The molecule has 0 unspecified atom stereocenters. The van der Waals surface area contributed by atoms with Crippen LogP contribution in [0.3, 0.4) is 0 Å². The summed E-state index contributed by atoms with van der Waals surface area (Å²) in [5, 5.41) is 6.26. The molecule has 2 heterocycles. The molecule has 156 valence electrons. The van der Waals surface area contributed by atoms with E-state index in [0.29, 0.717) is 17.9 Å². The lowest BCUT2D eigenvalue weighted by molar-refractivity contribution is -0.132. The van der Waals surface area contributed by atoms with Crippen molar-refractivity contribution in [2.75, 3.05) is 58.2 Å². The lowest BCUT2D eigenvalue weighted by Gasteiger charge is -2.32. The fraction of sp³-hybridized carbons (Fsp3) is 0.600. The van der Waals surface area contributed by atoms with Crippen molar-refractivity contribution in [1.29, 1.82) is 0 Å². The number of piperazine rings is 1. The zero-order valence-corrected chi connectivity index (χ0v) is 17.3. The van der Waals surface area contributed by atoms with E-state index in [1.54, 1.807) is 7.11 Å². The van der Waals surface area contributed by atoms with Gasteiger partial charge in [-0.2, -0.15) is 0 Å². The van der Waals surface area contributed by atoms with Crippen LogP contribution in [0.1, 0.15) is 19.3 Å². The van der Waals surface area contributed by atoms with E-state index in [4.69, 9.17) is 4.74 Å². The van der Waals surface area contributed by atoms with E-state index >= 15 is 0 Å². The molecular weight excluding hydrogens is 380 g/mol. The van der Waals surface area contributed by atoms with Crippen molar-refractivity contribution in [3.05, 3.63) is 24.3 Å². The number of rotatable bonds is 6. The number of hydrogen-bond acceptors (Lipinski definition) is 5. The molecule has 28 heavy (non-hydrogen) atoms. The Balaban J connectivity index is 0.00000280. The maximum absolute atomic E-state index is 12.6. The number of nitrogens with one attached hydrogen (secondary N) is 2. The largest absolute Gasteiger partial charge is 0.495 e. The van der Waals surface area contributed by atoms with E-state index in [0.717, 1.165) is 58.7 Å². The highest BCUT2D eigenvalue weighted by atomic mass is 35.5. The number of likely N-dealkylation sites (tertiary alicyclic amines) is 1. The zero-order valence-electron chi connectivity index (χ0n) is 16.5. The van der Waals surface area contributed by atoms with E-state index in [9.17, 15) is 9.59 Å². The highest BCUT2D eigenvalue weighted by Gasteiger charge is 2.26. The average Bonchev–Trinajstić information content (AvgIpc) is 2.73. The number of para-hydroxylation sites is 2. The maximum Gasteiger partial charge on any atom is 0.227 e. The number of nitrogens with zero attached hydrogens (tertiary/aromatic N) is 2. The molecule has 0 bridgehead atoms. The van der Waals surface area contributed by atoms with Gasteiger partial charge in [0.2, 0.25) is 11.8 Å². The van der Waals surface area contributed by atoms with Crippen LogP contribution in [0, 0.1) is 5.92 Å². The lowest BCUT2D eigenvalue weighted by Crippen LogP contribution is -2.47. The first-order valence-corrected chi connectivity index (χ1v) is 9.82. The van der Waals surface area contributed by atoms with Crippen molar-refractivity contribution in [1.82, 2.24) is 15.1 Å². The molecule has 2 fully saturated rings. The van der Waals surface area contributed by atoms with E-state index in [2.05, 4.69) is 15.5 Å². The number of benzene rings is 1. The van der Waals surface area contributed by atoms with Gasteiger partial charge in [-0.1, -0.05) is 12.1 Å². The number of amides is 2. The first kappa shape index (κ1) is 22.5. The minimum atomic E-state index is 0. The van der Waals surface area contributed by atoms with Crippen LogP contribution in [0.4, 0.5) is 5.69 Å². The molecule has 8 heteroatoms. The van der Waals surface area contributed by atoms with Gasteiger partial charge in [-0.05, 0) is 38.1 Å². The Morgan fingerprint density at radius 1 is 1.14 bits per heavy atom. The standard InChI is InChI=1S/C20H30N4O3.ClH/c1-27-18-5-3-2-4-17(18)22-20(26)16-6-11-23(12-7-16)13-8-19(25)24-14-9-21-10-15-24;/h2-5,16,21H,6-15H2,1H3,(H,22,26);1H. The van der Waals surface area contributed by atoms with Crippen molar-refractivity contribution < 1.29 is 14.3 Å². The number of methoxy groups -OCH3 is 1. The van der Waals surface area contributed by atoms with Crippen molar-refractivity contribution in [2.45, 2.75) is 19.3 Å². The number of carbonyl (C=O) groups is 2. The van der Waals surface area contributed by atoms with Crippen LogP contribution in [-0.2, 0) is 9.59 Å². The van der Waals surface area contributed by atoms with Gasteiger partial charge in [-0.15, -0.1) is 12.4 Å². The zero-order chi connectivity index (χ0) is 19.1. The molecule has 2 aliphatic rings. The van der Waals surface area contributed by atoms with Crippen LogP contribution in [0.5, 0.6) is 5.75 Å². The normalized spacial score (nSPS) is 18.2. The third-order valence-electron chi connectivity index (χ3n) is 5.43. The summed E-state index contributed by atoms with van der Waals surface area (Å²) in [4.78, 5) is 29.1. The topological polar surface area (TPSA) is 73.9 Å². The van der Waals surface area contributed by atoms with E-state index in [1.807, 2.05) is 29.2 Å². The minimum absolute atomic E-state index is 0. The fourth-order valence-corrected chi connectivity index (χ4v) is 3.73. The van der Waals surface area contributed by atoms with Gasteiger partial charge in [0.15, 0.2) is 0 Å². The fourth-order valence-electron chi connectivity index (χ4n) is 3.73. The highest BCUT2D eigenvalue weighted by Crippen LogP contribution is 2.25. The monoisotopic (exact) mass is 410 g/mol. The van der Waals surface area contributed by atoms with Crippen LogP contribution in [0.15, 0.2) is 24.3 Å². The third-order valence-corrected chi connectivity index (χ3v) is 5.43. The summed E-state index contributed by atoms with van der Waals surface area (Å²) in [5.74, 6) is 0.980. The third kappa shape index (κ3) is 6.09. The summed E-state index contributed by atoms with van der Waals surface area (Å²) in [6, 6.07) is 7.46. The van der Waals surface area contributed by atoms with Crippen LogP contribution >= 0.6 is 12.4 Å². The average molecular weight is 411 g/mol. The second kappa shape index (κ2) is 11.2. The quantitative estimate of drug-likeness (QED) is 0.745. The molecule has 0 atom stereocenters. The Morgan fingerprint density at radius 2 is 1.82 bits per heavy atom. The van der Waals surface area contributed by atoms with Gasteiger partial charge in [-0.3, -0.25) is 9.59 Å². The first-order valence-electron chi connectivity index (χ1n) is 9.82.